The largest absolute Gasteiger partial charge is 0.396 e. The highest BCUT2D eigenvalue weighted by atomic mass is 19.1. The van der Waals surface area contributed by atoms with E-state index in [2.05, 4.69) is 11.0 Å². The predicted molar refractivity (Wildman–Crippen MR) is 70.9 cm³/mol. The Bertz CT molecular complexity index is 466. The molecule has 3 nitrogen and oxygen atoms in total. The molecule has 0 saturated heterocycles. The normalized spacial score (nSPS) is 14.6. The lowest BCUT2D eigenvalue weighted by atomic mass is 10.1. The summed E-state index contributed by atoms with van der Waals surface area (Å²) in [5, 5.41) is 17.9. The van der Waals surface area contributed by atoms with E-state index in [0.717, 1.165) is 24.9 Å². The molecule has 1 N–H and O–H groups in total. The quantitative estimate of drug-likeness (QED) is 0.768. The molecule has 0 bridgehead atoms. The topological polar surface area (TPSA) is 47.3 Å². The lowest BCUT2D eigenvalue weighted by molar-refractivity contribution is 0.228. The van der Waals surface area contributed by atoms with E-state index in [9.17, 15) is 4.39 Å². The molecule has 0 atom stereocenters. The number of rotatable bonds is 7. The van der Waals surface area contributed by atoms with E-state index >= 15 is 0 Å². The third-order valence-electron chi connectivity index (χ3n) is 3.48. The van der Waals surface area contributed by atoms with E-state index in [4.69, 9.17) is 10.4 Å². The van der Waals surface area contributed by atoms with Gasteiger partial charge in [-0.2, -0.15) is 5.26 Å². The molecule has 0 radical (unpaired) electrons. The van der Waals surface area contributed by atoms with Crippen LogP contribution in [-0.4, -0.2) is 29.2 Å². The van der Waals surface area contributed by atoms with Crippen LogP contribution in [0.25, 0.3) is 0 Å². The van der Waals surface area contributed by atoms with Crippen molar-refractivity contribution in [2.75, 3.05) is 13.2 Å². The molecule has 1 aliphatic carbocycles. The summed E-state index contributed by atoms with van der Waals surface area (Å²) in [6, 6.07) is 7.07. The second-order valence-electron chi connectivity index (χ2n) is 5.05. The third kappa shape index (κ3) is 4.02. The van der Waals surface area contributed by atoms with E-state index in [1.807, 2.05) is 0 Å². The monoisotopic (exact) mass is 262 g/mol. The number of hydrogen-bond acceptors (Lipinski definition) is 3. The molecule has 1 aromatic rings. The van der Waals surface area contributed by atoms with Gasteiger partial charge in [-0.15, -0.1) is 0 Å². The number of hydrogen-bond donors (Lipinski definition) is 1. The SMILES string of the molecule is N#Cc1cc(F)ccc1CN(CCCCO)C1CC1. The summed E-state index contributed by atoms with van der Waals surface area (Å²) in [6.45, 7) is 1.84. The second kappa shape index (κ2) is 6.65. The minimum absolute atomic E-state index is 0.221. The molecule has 0 aliphatic heterocycles. The minimum Gasteiger partial charge on any atom is -0.396 e. The molecule has 1 aliphatic rings. The zero-order valence-electron chi connectivity index (χ0n) is 11.0. The average molecular weight is 262 g/mol. The summed E-state index contributed by atoms with van der Waals surface area (Å²) in [4.78, 5) is 2.34. The molecule has 19 heavy (non-hydrogen) atoms. The van der Waals surface area contributed by atoms with Crippen LogP contribution in [0.2, 0.25) is 0 Å². The Morgan fingerprint density at radius 1 is 1.37 bits per heavy atom. The Kier molecular flexibility index (Phi) is 4.89. The van der Waals surface area contributed by atoms with Gasteiger partial charge in [0, 0.05) is 19.2 Å². The van der Waals surface area contributed by atoms with Crippen LogP contribution in [0, 0.1) is 17.1 Å². The second-order valence-corrected chi connectivity index (χ2v) is 5.05. The van der Waals surface area contributed by atoms with Gasteiger partial charge in [-0.3, -0.25) is 4.90 Å². The lowest BCUT2D eigenvalue weighted by Crippen LogP contribution is -2.27. The molecule has 1 fully saturated rings. The summed E-state index contributed by atoms with van der Waals surface area (Å²) in [7, 11) is 0. The molecule has 1 saturated carbocycles. The predicted octanol–water partition coefficient (Wildman–Crippen LogP) is 2.43. The maximum Gasteiger partial charge on any atom is 0.124 e. The van der Waals surface area contributed by atoms with Gasteiger partial charge in [0.05, 0.1) is 11.6 Å². The first-order chi connectivity index (χ1) is 9.24. The first-order valence-corrected chi connectivity index (χ1v) is 6.78. The zero-order chi connectivity index (χ0) is 13.7. The molecule has 0 amide bonds. The van der Waals surface area contributed by atoms with Crippen LogP contribution in [0.1, 0.15) is 36.8 Å². The van der Waals surface area contributed by atoms with E-state index in [0.29, 0.717) is 18.2 Å². The molecule has 0 unspecified atom stereocenters. The van der Waals surface area contributed by atoms with Gasteiger partial charge in [-0.1, -0.05) is 6.07 Å². The van der Waals surface area contributed by atoms with Crippen molar-refractivity contribution in [1.82, 2.24) is 4.90 Å². The molecule has 4 heteroatoms. The van der Waals surface area contributed by atoms with Crippen LogP contribution in [-0.2, 0) is 6.54 Å². The summed E-state index contributed by atoms with van der Waals surface area (Å²) < 4.78 is 13.1. The van der Waals surface area contributed by atoms with Crippen molar-refractivity contribution in [2.45, 2.75) is 38.3 Å². The maximum atomic E-state index is 13.1. The summed E-state index contributed by atoms with van der Waals surface area (Å²) in [5.41, 5.74) is 1.31. The smallest absolute Gasteiger partial charge is 0.124 e. The van der Waals surface area contributed by atoms with Crippen molar-refractivity contribution in [3.05, 3.63) is 35.1 Å². The highest BCUT2D eigenvalue weighted by Gasteiger charge is 2.28. The standard InChI is InChI=1S/C15H19FN2O/c16-14-4-3-12(13(9-14)10-17)11-18(15-5-6-15)7-1-2-8-19/h3-4,9,15,19H,1-2,5-8,11H2. The van der Waals surface area contributed by atoms with E-state index in [-0.39, 0.29) is 12.4 Å². The van der Waals surface area contributed by atoms with Crippen molar-refractivity contribution >= 4 is 0 Å². The fraction of sp³-hybridized carbons (Fsp3) is 0.533. The van der Waals surface area contributed by atoms with Crippen LogP contribution < -0.4 is 0 Å². The number of nitrogens with zero attached hydrogens (tertiary/aromatic N) is 2. The number of halogens is 1. The fourth-order valence-electron chi connectivity index (χ4n) is 2.27. The highest BCUT2D eigenvalue weighted by Crippen LogP contribution is 2.29. The first kappa shape index (κ1) is 14.0. The van der Waals surface area contributed by atoms with Gasteiger partial charge in [0.2, 0.25) is 0 Å². The molecule has 0 heterocycles. The van der Waals surface area contributed by atoms with Crippen molar-refractivity contribution in [1.29, 1.82) is 5.26 Å². The van der Waals surface area contributed by atoms with Gasteiger partial charge in [0.15, 0.2) is 0 Å². The Balaban J connectivity index is 2.02. The molecular formula is C15H19FN2O. The van der Waals surface area contributed by atoms with Crippen molar-refractivity contribution in [3.63, 3.8) is 0 Å². The van der Waals surface area contributed by atoms with Crippen LogP contribution >= 0.6 is 0 Å². The van der Waals surface area contributed by atoms with Crippen molar-refractivity contribution < 1.29 is 9.50 Å². The lowest BCUT2D eigenvalue weighted by Gasteiger charge is -2.22. The van der Waals surface area contributed by atoms with Gasteiger partial charge in [0.25, 0.3) is 0 Å². The van der Waals surface area contributed by atoms with Crippen molar-refractivity contribution in [2.24, 2.45) is 0 Å². The fourth-order valence-corrected chi connectivity index (χ4v) is 2.27. The van der Waals surface area contributed by atoms with Crippen LogP contribution in [0.3, 0.4) is 0 Å². The molecular weight excluding hydrogens is 243 g/mol. The van der Waals surface area contributed by atoms with E-state index < -0.39 is 0 Å². The minimum atomic E-state index is -0.362. The van der Waals surface area contributed by atoms with Crippen LogP contribution in [0.4, 0.5) is 4.39 Å². The van der Waals surface area contributed by atoms with Crippen LogP contribution in [0.5, 0.6) is 0 Å². The molecule has 0 spiro atoms. The van der Waals surface area contributed by atoms with Gasteiger partial charge >= 0.3 is 0 Å². The van der Waals surface area contributed by atoms with E-state index in [1.165, 1.54) is 25.0 Å². The van der Waals surface area contributed by atoms with Gasteiger partial charge in [-0.25, -0.2) is 4.39 Å². The Hall–Kier alpha value is -1.44. The average Bonchev–Trinajstić information content (AvgIpc) is 3.24. The Morgan fingerprint density at radius 3 is 2.79 bits per heavy atom. The molecule has 1 aromatic carbocycles. The number of benzene rings is 1. The highest BCUT2D eigenvalue weighted by molar-refractivity contribution is 5.37. The molecule has 0 aromatic heterocycles. The summed E-state index contributed by atoms with van der Waals surface area (Å²) in [5.74, 6) is -0.362. The maximum absolute atomic E-state index is 13.1. The first-order valence-electron chi connectivity index (χ1n) is 6.78. The molecule has 2 rings (SSSR count). The van der Waals surface area contributed by atoms with E-state index in [1.54, 1.807) is 6.07 Å². The number of aliphatic hydroxyl groups is 1. The summed E-state index contributed by atoms with van der Waals surface area (Å²) in [6.07, 6.45) is 4.15. The Labute approximate surface area is 113 Å². The number of nitriles is 1. The van der Waals surface area contributed by atoms with Gasteiger partial charge in [0.1, 0.15) is 5.82 Å². The zero-order valence-corrected chi connectivity index (χ0v) is 11.0. The number of unbranched alkanes of at least 4 members (excludes halogenated alkanes) is 1. The van der Waals surface area contributed by atoms with Crippen LogP contribution in [0.15, 0.2) is 18.2 Å². The number of aliphatic hydroxyl groups excluding tert-OH is 1. The van der Waals surface area contributed by atoms with Gasteiger partial charge in [-0.05, 0) is 49.9 Å². The van der Waals surface area contributed by atoms with Crippen molar-refractivity contribution in [3.8, 4) is 6.07 Å². The third-order valence-corrected chi connectivity index (χ3v) is 3.48. The van der Waals surface area contributed by atoms with Gasteiger partial charge < -0.3 is 5.11 Å². The Morgan fingerprint density at radius 2 is 2.16 bits per heavy atom. The molecule has 102 valence electrons. The summed E-state index contributed by atoms with van der Waals surface area (Å²) >= 11 is 0.